The fourth-order valence-electron chi connectivity index (χ4n) is 4.05. The molecular formula is C28H30N2O4S. The number of benzene rings is 3. The van der Waals surface area contributed by atoms with Crippen molar-refractivity contribution < 1.29 is 18.0 Å². The molecule has 1 fully saturated rings. The molecule has 3 aromatic rings. The highest BCUT2D eigenvalue weighted by Crippen LogP contribution is 2.33. The van der Waals surface area contributed by atoms with E-state index >= 15 is 0 Å². The summed E-state index contributed by atoms with van der Waals surface area (Å²) >= 11 is 0. The van der Waals surface area contributed by atoms with Gasteiger partial charge in [0.25, 0.3) is 5.91 Å². The number of likely N-dealkylation sites (N-methyl/N-ethyl adjacent to an activating group) is 1. The number of anilines is 2. The van der Waals surface area contributed by atoms with Crippen LogP contribution >= 0.6 is 0 Å². The van der Waals surface area contributed by atoms with Gasteiger partial charge in [0.1, 0.15) is 0 Å². The highest BCUT2D eigenvalue weighted by Gasteiger charge is 2.29. The third kappa shape index (κ3) is 6.17. The predicted octanol–water partition coefficient (Wildman–Crippen LogP) is 4.87. The molecule has 35 heavy (non-hydrogen) atoms. The van der Waals surface area contributed by atoms with Crippen molar-refractivity contribution in [2.45, 2.75) is 31.1 Å². The number of nitrogens with zero attached hydrogens (tertiary/aromatic N) is 2. The Morgan fingerprint density at radius 3 is 2.20 bits per heavy atom. The quantitative estimate of drug-likeness (QED) is 0.429. The van der Waals surface area contributed by atoms with Crippen LogP contribution in [-0.2, 0) is 21.1 Å². The second-order valence-electron chi connectivity index (χ2n) is 9.09. The highest BCUT2D eigenvalue weighted by atomic mass is 32.2. The van der Waals surface area contributed by atoms with E-state index in [1.54, 1.807) is 60.5 Å². The normalized spacial score (nSPS) is 13.3. The van der Waals surface area contributed by atoms with Gasteiger partial charge >= 0.3 is 0 Å². The average molecular weight is 491 g/mol. The lowest BCUT2D eigenvalue weighted by molar-refractivity contribution is -0.115. The number of carbonyl (C=O) groups is 2. The highest BCUT2D eigenvalue weighted by molar-refractivity contribution is 7.91. The molecule has 0 heterocycles. The molecule has 0 aliphatic heterocycles. The number of rotatable bonds is 9. The SMILES string of the molecule is CC(=O)N(c1ccc(S(=O)(=O)CC2CC2)cc1)c1cccc(C(=O)N(C)CCc2ccccc2)c1. The molecule has 0 N–H and O–H groups in total. The van der Waals surface area contributed by atoms with Gasteiger partial charge in [-0.3, -0.25) is 14.5 Å². The monoisotopic (exact) mass is 490 g/mol. The minimum atomic E-state index is -3.33. The summed E-state index contributed by atoms with van der Waals surface area (Å²) in [6.07, 6.45) is 2.68. The van der Waals surface area contributed by atoms with E-state index in [0.717, 1.165) is 24.8 Å². The summed E-state index contributed by atoms with van der Waals surface area (Å²) in [5.41, 5.74) is 2.73. The van der Waals surface area contributed by atoms with Crippen LogP contribution in [0.5, 0.6) is 0 Å². The van der Waals surface area contributed by atoms with Crippen molar-refractivity contribution in [1.29, 1.82) is 0 Å². The smallest absolute Gasteiger partial charge is 0.253 e. The first kappa shape index (κ1) is 24.7. The maximum absolute atomic E-state index is 13.1. The van der Waals surface area contributed by atoms with Gasteiger partial charge in [0.15, 0.2) is 9.84 Å². The molecule has 2 amide bonds. The van der Waals surface area contributed by atoms with Crippen molar-refractivity contribution in [3.05, 3.63) is 90.0 Å². The van der Waals surface area contributed by atoms with Crippen molar-refractivity contribution in [3.63, 3.8) is 0 Å². The lowest BCUT2D eigenvalue weighted by Gasteiger charge is -2.23. The maximum atomic E-state index is 13.1. The molecule has 1 saturated carbocycles. The number of carbonyl (C=O) groups excluding carboxylic acids is 2. The molecule has 0 saturated heterocycles. The van der Waals surface area contributed by atoms with E-state index in [0.29, 0.717) is 23.5 Å². The van der Waals surface area contributed by atoms with Gasteiger partial charge in [-0.15, -0.1) is 0 Å². The van der Waals surface area contributed by atoms with Crippen LogP contribution in [0.2, 0.25) is 0 Å². The van der Waals surface area contributed by atoms with Crippen LogP contribution < -0.4 is 4.90 Å². The molecule has 0 spiro atoms. The third-order valence-corrected chi connectivity index (χ3v) is 8.10. The first-order valence-electron chi connectivity index (χ1n) is 11.8. The lowest BCUT2D eigenvalue weighted by atomic mass is 10.1. The van der Waals surface area contributed by atoms with Gasteiger partial charge < -0.3 is 4.90 Å². The lowest BCUT2D eigenvalue weighted by Crippen LogP contribution is -2.29. The molecule has 0 radical (unpaired) electrons. The van der Waals surface area contributed by atoms with E-state index in [1.165, 1.54) is 11.8 Å². The molecule has 0 atom stereocenters. The minimum absolute atomic E-state index is 0.132. The second-order valence-corrected chi connectivity index (χ2v) is 11.1. The van der Waals surface area contributed by atoms with Crippen LogP contribution in [-0.4, -0.2) is 44.5 Å². The van der Waals surface area contributed by atoms with Crippen molar-refractivity contribution in [2.75, 3.05) is 24.2 Å². The van der Waals surface area contributed by atoms with Gasteiger partial charge in [0, 0.05) is 37.5 Å². The zero-order valence-corrected chi connectivity index (χ0v) is 20.9. The van der Waals surface area contributed by atoms with Crippen molar-refractivity contribution in [3.8, 4) is 0 Å². The molecule has 0 bridgehead atoms. The van der Waals surface area contributed by atoms with E-state index in [9.17, 15) is 18.0 Å². The zero-order valence-electron chi connectivity index (χ0n) is 20.1. The first-order valence-corrected chi connectivity index (χ1v) is 13.4. The van der Waals surface area contributed by atoms with Crippen LogP contribution in [0.1, 0.15) is 35.7 Å². The van der Waals surface area contributed by atoms with Crippen LogP contribution in [0.3, 0.4) is 0 Å². The van der Waals surface area contributed by atoms with E-state index in [4.69, 9.17) is 0 Å². The van der Waals surface area contributed by atoms with Crippen LogP contribution in [0.25, 0.3) is 0 Å². The fourth-order valence-corrected chi connectivity index (χ4v) is 5.74. The fraction of sp³-hybridized carbons (Fsp3) is 0.286. The Labute approximate surface area is 207 Å². The molecule has 0 unspecified atom stereocenters. The predicted molar refractivity (Wildman–Crippen MR) is 138 cm³/mol. The molecular weight excluding hydrogens is 460 g/mol. The van der Waals surface area contributed by atoms with Gasteiger partial charge in [-0.2, -0.15) is 0 Å². The standard InChI is InChI=1S/C28H30N2O4S/c1-21(31)30(25-13-15-27(16-14-25)35(33,34)20-23-11-12-23)26-10-6-9-24(19-26)28(32)29(2)18-17-22-7-4-3-5-8-22/h3-10,13-16,19,23H,11-12,17-18,20H2,1-2H3. The number of hydrogen-bond donors (Lipinski definition) is 0. The Morgan fingerprint density at radius 1 is 0.886 bits per heavy atom. The Bertz CT molecular complexity index is 1300. The number of amides is 2. The summed E-state index contributed by atoms with van der Waals surface area (Å²) in [6.45, 7) is 2.01. The van der Waals surface area contributed by atoms with Gasteiger partial charge in [-0.05, 0) is 73.2 Å². The Kier molecular flexibility index (Phi) is 7.36. The molecule has 1 aliphatic rings. The van der Waals surface area contributed by atoms with E-state index < -0.39 is 9.84 Å². The average Bonchev–Trinajstić information content (AvgIpc) is 3.66. The molecule has 7 heteroatoms. The molecule has 182 valence electrons. The van der Waals surface area contributed by atoms with Gasteiger partial charge in [-0.1, -0.05) is 36.4 Å². The molecule has 3 aromatic carbocycles. The van der Waals surface area contributed by atoms with Crippen LogP contribution in [0.4, 0.5) is 11.4 Å². The largest absolute Gasteiger partial charge is 0.341 e. The molecule has 4 rings (SSSR count). The third-order valence-electron chi connectivity index (χ3n) is 6.20. The summed E-state index contributed by atoms with van der Waals surface area (Å²) < 4.78 is 25.1. The second kappa shape index (κ2) is 10.4. The van der Waals surface area contributed by atoms with E-state index in [1.807, 2.05) is 30.3 Å². The topological polar surface area (TPSA) is 74.8 Å². The minimum Gasteiger partial charge on any atom is -0.341 e. The number of sulfone groups is 1. The van der Waals surface area contributed by atoms with Crippen LogP contribution in [0.15, 0.2) is 83.8 Å². The summed E-state index contributed by atoms with van der Waals surface area (Å²) in [5, 5.41) is 0. The molecule has 0 aromatic heterocycles. The summed E-state index contributed by atoms with van der Waals surface area (Å²) in [7, 11) is -1.57. The van der Waals surface area contributed by atoms with Crippen molar-refractivity contribution in [2.24, 2.45) is 5.92 Å². The number of hydrogen-bond acceptors (Lipinski definition) is 4. The summed E-state index contributed by atoms with van der Waals surface area (Å²) in [5.74, 6) is 0.0676. The Hall–Kier alpha value is -3.45. The van der Waals surface area contributed by atoms with E-state index in [2.05, 4.69) is 0 Å². The van der Waals surface area contributed by atoms with Crippen LogP contribution in [0, 0.1) is 5.92 Å². The van der Waals surface area contributed by atoms with E-state index in [-0.39, 0.29) is 28.4 Å². The zero-order chi connectivity index (χ0) is 25.0. The summed E-state index contributed by atoms with van der Waals surface area (Å²) in [6, 6.07) is 23.3. The Morgan fingerprint density at radius 2 is 1.57 bits per heavy atom. The van der Waals surface area contributed by atoms with Gasteiger partial charge in [0.05, 0.1) is 10.6 Å². The van der Waals surface area contributed by atoms with Gasteiger partial charge in [0.2, 0.25) is 5.91 Å². The molecule has 6 nitrogen and oxygen atoms in total. The summed E-state index contributed by atoms with van der Waals surface area (Å²) in [4.78, 5) is 29.0. The first-order chi connectivity index (χ1) is 16.7. The van der Waals surface area contributed by atoms with Crippen molar-refractivity contribution >= 4 is 33.0 Å². The maximum Gasteiger partial charge on any atom is 0.253 e. The van der Waals surface area contributed by atoms with Gasteiger partial charge in [-0.25, -0.2) is 8.42 Å². The molecule has 1 aliphatic carbocycles. The van der Waals surface area contributed by atoms with Crippen molar-refractivity contribution in [1.82, 2.24) is 4.90 Å². The Balaban J connectivity index is 1.51.